The van der Waals surface area contributed by atoms with Crippen molar-refractivity contribution in [1.82, 2.24) is 0 Å². The number of nitrogens with zero attached hydrogens (tertiary/aromatic N) is 1. The molecular formula is C24H24N2O5S. The van der Waals surface area contributed by atoms with Gasteiger partial charge in [0.25, 0.3) is 10.0 Å². The van der Waals surface area contributed by atoms with Crippen LogP contribution in [0.25, 0.3) is 0 Å². The SMILES string of the molecule is COc1cc(C=Nc2ccc(S(=O)(=O)Nc3ccc(C)cc3C)cc2)ccc1OC(C)=O. The highest BCUT2D eigenvalue weighted by Crippen LogP contribution is 2.28. The molecule has 0 spiro atoms. The van der Waals surface area contributed by atoms with Crippen LogP contribution in [0.5, 0.6) is 11.5 Å². The summed E-state index contributed by atoms with van der Waals surface area (Å²) in [5.41, 5.74) is 3.77. The Hall–Kier alpha value is -3.65. The molecule has 0 bridgehead atoms. The molecule has 3 aromatic rings. The number of ether oxygens (including phenoxy) is 2. The molecule has 0 radical (unpaired) electrons. The largest absolute Gasteiger partial charge is 0.493 e. The first kappa shape index (κ1) is 23.0. The molecule has 0 saturated heterocycles. The van der Waals surface area contributed by atoms with Crippen molar-refractivity contribution < 1.29 is 22.7 Å². The quantitative estimate of drug-likeness (QED) is 0.316. The number of aliphatic imine (C=N–C) groups is 1. The van der Waals surface area contributed by atoms with Gasteiger partial charge in [-0.1, -0.05) is 17.7 Å². The smallest absolute Gasteiger partial charge is 0.308 e. The van der Waals surface area contributed by atoms with E-state index in [1.165, 1.54) is 26.2 Å². The van der Waals surface area contributed by atoms with Gasteiger partial charge >= 0.3 is 5.97 Å². The maximum absolute atomic E-state index is 12.7. The van der Waals surface area contributed by atoms with Crippen LogP contribution < -0.4 is 14.2 Å². The molecule has 0 saturated carbocycles. The Bertz CT molecular complexity index is 1270. The van der Waals surface area contributed by atoms with Gasteiger partial charge < -0.3 is 9.47 Å². The molecule has 166 valence electrons. The van der Waals surface area contributed by atoms with Gasteiger partial charge in [-0.15, -0.1) is 0 Å². The first-order valence-electron chi connectivity index (χ1n) is 9.78. The van der Waals surface area contributed by atoms with Crippen LogP contribution in [0.2, 0.25) is 0 Å². The predicted octanol–water partition coefficient (Wildman–Crippen LogP) is 4.79. The minimum Gasteiger partial charge on any atom is -0.493 e. The van der Waals surface area contributed by atoms with Crippen molar-refractivity contribution in [2.75, 3.05) is 11.8 Å². The maximum atomic E-state index is 12.7. The number of benzene rings is 3. The fourth-order valence-electron chi connectivity index (χ4n) is 3.00. The molecule has 3 aromatic carbocycles. The number of hydrogen-bond donors (Lipinski definition) is 1. The number of carbonyl (C=O) groups excluding carboxylic acids is 1. The van der Waals surface area contributed by atoms with Crippen molar-refractivity contribution in [1.29, 1.82) is 0 Å². The van der Waals surface area contributed by atoms with E-state index in [0.717, 1.165) is 16.7 Å². The second-order valence-corrected chi connectivity index (χ2v) is 8.86. The average Bonchev–Trinajstić information content (AvgIpc) is 2.75. The topological polar surface area (TPSA) is 94.1 Å². The van der Waals surface area contributed by atoms with Crippen LogP contribution >= 0.6 is 0 Å². The summed E-state index contributed by atoms with van der Waals surface area (Å²) in [4.78, 5) is 15.7. The molecule has 1 N–H and O–H groups in total. The monoisotopic (exact) mass is 452 g/mol. The van der Waals surface area contributed by atoms with Gasteiger partial charge in [0.1, 0.15) is 0 Å². The lowest BCUT2D eigenvalue weighted by atomic mass is 10.1. The van der Waals surface area contributed by atoms with Crippen molar-refractivity contribution in [3.63, 3.8) is 0 Å². The molecule has 0 atom stereocenters. The van der Waals surface area contributed by atoms with Crippen molar-refractivity contribution >= 4 is 33.6 Å². The molecule has 8 heteroatoms. The number of nitrogens with one attached hydrogen (secondary N) is 1. The van der Waals surface area contributed by atoms with E-state index in [0.29, 0.717) is 22.9 Å². The van der Waals surface area contributed by atoms with Crippen LogP contribution in [-0.4, -0.2) is 27.7 Å². The zero-order chi connectivity index (χ0) is 23.3. The van der Waals surface area contributed by atoms with Crippen LogP contribution in [0.3, 0.4) is 0 Å². The molecular weight excluding hydrogens is 428 g/mol. The van der Waals surface area contributed by atoms with Crippen LogP contribution in [0.1, 0.15) is 23.6 Å². The number of anilines is 1. The zero-order valence-corrected chi connectivity index (χ0v) is 19.1. The molecule has 0 unspecified atom stereocenters. The van der Waals surface area contributed by atoms with Crippen molar-refractivity contribution in [3.05, 3.63) is 77.4 Å². The molecule has 0 aromatic heterocycles. The Labute approximate surface area is 187 Å². The lowest BCUT2D eigenvalue weighted by Gasteiger charge is -2.11. The molecule has 3 rings (SSSR count). The molecule has 0 fully saturated rings. The third kappa shape index (κ3) is 5.73. The third-order valence-corrected chi connectivity index (χ3v) is 5.96. The van der Waals surface area contributed by atoms with Crippen molar-refractivity contribution in [2.45, 2.75) is 25.7 Å². The van der Waals surface area contributed by atoms with E-state index in [1.807, 2.05) is 26.0 Å². The molecule has 0 aliphatic rings. The van der Waals surface area contributed by atoms with Gasteiger partial charge in [-0.25, -0.2) is 8.42 Å². The first-order valence-corrected chi connectivity index (χ1v) is 11.3. The minimum atomic E-state index is -3.72. The maximum Gasteiger partial charge on any atom is 0.308 e. The summed E-state index contributed by atoms with van der Waals surface area (Å²) >= 11 is 0. The lowest BCUT2D eigenvalue weighted by molar-refractivity contribution is -0.132. The fourth-order valence-corrected chi connectivity index (χ4v) is 4.13. The predicted molar refractivity (Wildman–Crippen MR) is 125 cm³/mol. The van der Waals surface area contributed by atoms with E-state index >= 15 is 0 Å². The van der Waals surface area contributed by atoms with E-state index in [9.17, 15) is 13.2 Å². The van der Waals surface area contributed by atoms with Gasteiger partial charge in [0, 0.05) is 13.1 Å². The first-order chi connectivity index (χ1) is 15.2. The van der Waals surface area contributed by atoms with E-state index in [-0.39, 0.29) is 4.90 Å². The zero-order valence-electron chi connectivity index (χ0n) is 18.2. The third-order valence-electron chi connectivity index (χ3n) is 4.58. The highest BCUT2D eigenvalue weighted by Gasteiger charge is 2.15. The van der Waals surface area contributed by atoms with Gasteiger partial charge in [-0.2, -0.15) is 0 Å². The van der Waals surface area contributed by atoms with Gasteiger partial charge in [-0.3, -0.25) is 14.5 Å². The molecule has 0 heterocycles. The van der Waals surface area contributed by atoms with E-state index in [2.05, 4.69) is 9.71 Å². The Morgan fingerprint density at radius 3 is 2.31 bits per heavy atom. The Morgan fingerprint density at radius 2 is 1.69 bits per heavy atom. The number of hydrogen-bond acceptors (Lipinski definition) is 6. The second-order valence-electron chi connectivity index (χ2n) is 7.18. The van der Waals surface area contributed by atoms with E-state index in [4.69, 9.17) is 9.47 Å². The summed E-state index contributed by atoms with van der Waals surface area (Å²) in [5.74, 6) is 0.290. The molecule has 0 aliphatic heterocycles. The standard InChI is InChI=1S/C24H24N2O5S/c1-16-5-11-22(17(2)13-16)26-32(28,29)21-9-7-20(8-10-21)25-15-19-6-12-23(31-18(3)27)24(14-19)30-4/h5-15,26H,1-4H3. The molecule has 0 amide bonds. The van der Waals surface area contributed by atoms with Crippen LogP contribution in [0.4, 0.5) is 11.4 Å². The van der Waals surface area contributed by atoms with E-state index < -0.39 is 16.0 Å². The summed E-state index contributed by atoms with van der Waals surface area (Å²) in [6.45, 7) is 5.13. The van der Waals surface area contributed by atoms with Gasteiger partial charge in [0.2, 0.25) is 0 Å². The summed E-state index contributed by atoms with van der Waals surface area (Å²) in [6.07, 6.45) is 1.61. The van der Waals surface area contributed by atoms with Crippen LogP contribution in [0.15, 0.2) is 70.6 Å². The summed E-state index contributed by atoms with van der Waals surface area (Å²) < 4.78 is 38.4. The number of sulfonamides is 1. The van der Waals surface area contributed by atoms with Crippen LogP contribution in [0, 0.1) is 13.8 Å². The Kier molecular flexibility index (Phi) is 6.95. The summed E-state index contributed by atoms with van der Waals surface area (Å²) in [5, 5.41) is 0. The van der Waals surface area contributed by atoms with E-state index in [1.54, 1.807) is 42.6 Å². The Morgan fingerprint density at radius 1 is 0.969 bits per heavy atom. The highest BCUT2D eigenvalue weighted by atomic mass is 32.2. The number of esters is 1. The lowest BCUT2D eigenvalue weighted by Crippen LogP contribution is -2.13. The molecule has 32 heavy (non-hydrogen) atoms. The number of aryl methyl sites for hydroxylation is 2. The molecule has 7 nitrogen and oxygen atoms in total. The summed E-state index contributed by atoms with van der Waals surface area (Å²) in [7, 11) is -2.24. The summed E-state index contributed by atoms with van der Waals surface area (Å²) in [6, 6.07) is 16.8. The second kappa shape index (κ2) is 9.65. The molecule has 0 aliphatic carbocycles. The average molecular weight is 453 g/mol. The van der Waals surface area contributed by atoms with Crippen LogP contribution in [-0.2, 0) is 14.8 Å². The van der Waals surface area contributed by atoms with Crippen molar-refractivity contribution in [2.24, 2.45) is 4.99 Å². The van der Waals surface area contributed by atoms with Gasteiger partial charge in [0.15, 0.2) is 11.5 Å². The minimum absolute atomic E-state index is 0.142. The van der Waals surface area contributed by atoms with Gasteiger partial charge in [-0.05, 0) is 73.5 Å². The van der Waals surface area contributed by atoms with Crippen molar-refractivity contribution in [3.8, 4) is 11.5 Å². The fraction of sp³-hybridized carbons (Fsp3) is 0.167. The Balaban J connectivity index is 1.75. The number of methoxy groups -OCH3 is 1. The van der Waals surface area contributed by atoms with Gasteiger partial charge in [0.05, 0.1) is 23.4 Å². The number of carbonyl (C=O) groups is 1. The number of rotatable bonds is 7. The normalized spacial score (nSPS) is 11.4. The highest BCUT2D eigenvalue weighted by molar-refractivity contribution is 7.92.